The van der Waals surface area contributed by atoms with E-state index in [1.165, 1.54) is 0 Å². The molecule has 0 radical (unpaired) electrons. The third-order valence-corrected chi connectivity index (χ3v) is 3.40. The van der Waals surface area contributed by atoms with Crippen molar-refractivity contribution in [3.05, 3.63) is 29.3 Å². The molecular weight excluding hydrogens is 312 g/mol. The summed E-state index contributed by atoms with van der Waals surface area (Å²) in [6.07, 6.45) is 0. The third-order valence-electron chi connectivity index (χ3n) is 2.44. The smallest absolute Gasteiger partial charge is 0.321 e. The maximum Gasteiger partial charge on any atom is 0.321 e. The highest BCUT2D eigenvalue weighted by Gasteiger charge is 2.15. The fraction of sp³-hybridized carbons (Fsp3) is 0.308. The minimum absolute atomic E-state index is 0.134. The zero-order chi connectivity index (χ0) is 15.5. The molecule has 0 aliphatic carbocycles. The van der Waals surface area contributed by atoms with Gasteiger partial charge in [0.15, 0.2) is 5.82 Å². The number of halogens is 1. The zero-order valence-corrected chi connectivity index (χ0v) is 13.1. The van der Waals surface area contributed by atoms with Gasteiger partial charge in [-0.15, -0.1) is 0 Å². The van der Waals surface area contributed by atoms with Gasteiger partial charge in [-0.25, -0.2) is 4.79 Å². The van der Waals surface area contributed by atoms with E-state index in [-0.39, 0.29) is 6.54 Å². The Hall–Kier alpha value is -1.70. The van der Waals surface area contributed by atoms with Crippen LogP contribution in [0, 0.1) is 0 Å². The number of aromatic nitrogens is 2. The van der Waals surface area contributed by atoms with E-state index >= 15 is 0 Å². The van der Waals surface area contributed by atoms with Gasteiger partial charge in [-0.2, -0.15) is 9.36 Å². The zero-order valence-electron chi connectivity index (χ0n) is 11.6. The first-order valence-electron chi connectivity index (χ1n) is 6.21. The predicted octanol–water partition coefficient (Wildman–Crippen LogP) is 2.75. The number of nitrogens with one attached hydrogen (secondary N) is 2. The number of nitrogens with zero attached hydrogens (tertiary/aromatic N) is 2. The largest absolute Gasteiger partial charge is 0.389 e. The van der Waals surface area contributed by atoms with Crippen LogP contribution in [0.4, 0.5) is 9.93 Å². The molecule has 0 aliphatic rings. The van der Waals surface area contributed by atoms with E-state index in [1.807, 2.05) is 18.2 Å². The lowest BCUT2D eigenvalue weighted by molar-refractivity contribution is 0.0826. The Morgan fingerprint density at radius 3 is 2.81 bits per heavy atom. The minimum atomic E-state index is -0.971. The molecule has 0 atom stereocenters. The van der Waals surface area contributed by atoms with Gasteiger partial charge in [0, 0.05) is 23.6 Å². The van der Waals surface area contributed by atoms with E-state index in [0.29, 0.717) is 21.5 Å². The number of hydrogen-bond acceptors (Lipinski definition) is 5. The van der Waals surface area contributed by atoms with Gasteiger partial charge in [-0.05, 0) is 26.0 Å². The highest BCUT2D eigenvalue weighted by molar-refractivity contribution is 7.10. The van der Waals surface area contributed by atoms with E-state index in [4.69, 9.17) is 11.6 Å². The first-order chi connectivity index (χ1) is 9.85. The second-order valence-corrected chi connectivity index (χ2v) is 6.18. The molecule has 1 aromatic carbocycles. The third kappa shape index (κ3) is 4.66. The van der Waals surface area contributed by atoms with Gasteiger partial charge in [0.05, 0.1) is 10.6 Å². The minimum Gasteiger partial charge on any atom is -0.389 e. The number of anilines is 1. The van der Waals surface area contributed by atoms with Crippen molar-refractivity contribution in [2.45, 2.75) is 19.4 Å². The summed E-state index contributed by atoms with van der Waals surface area (Å²) in [6.45, 7) is 3.34. The predicted molar refractivity (Wildman–Crippen MR) is 83.7 cm³/mol. The van der Waals surface area contributed by atoms with Gasteiger partial charge in [-0.1, -0.05) is 23.7 Å². The fourth-order valence-electron chi connectivity index (χ4n) is 1.46. The molecule has 2 amide bonds. The molecule has 0 bridgehead atoms. The molecule has 0 saturated carbocycles. The summed E-state index contributed by atoms with van der Waals surface area (Å²) >= 11 is 7.13. The molecule has 1 heterocycles. The number of hydrogen-bond donors (Lipinski definition) is 3. The van der Waals surface area contributed by atoms with Gasteiger partial charge in [0.1, 0.15) is 0 Å². The highest BCUT2D eigenvalue weighted by Crippen LogP contribution is 2.27. The Morgan fingerprint density at radius 2 is 2.14 bits per heavy atom. The SMILES string of the molecule is CC(C)(O)CNC(=O)Nc1nc(-c2ccccc2Cl)ns1. The van der Waals surface area contributed by atoms with Gasteiger partial charge in [-0.3, -0.25) is 5.32 Å². The Balaban J connectivity index is 2.01. The molecule has 0 fully saturated rings. The number of rotatable bonds is 4. The summed E-state index contributed by atoms with van der Waals surface area (Å²) in [4.78, 5) is 15.9. The van der Waals surface area contributed by atoms with Crippen LogP contribution in [0.15, 0.2) is 24.3 Å². The average Bonchev–Trinajstić information content (AvgIpc) is 2.84. The lowest BCUT2D eigenvalue weighted by atomic mass is 10.1. The maximum absolute atomic E-state index is 11.7. The molecule has 1 aromatic heterocycles. The van der Waals surface area contributed by atoms with Crippen molar-refractivity contribution in [3.8, 4) is 11.4 Å². The summed E-state index contributed by atoms with van der Waals surface area (Å²) < 4.78 is 4.16. The quantitative estimate of drug-likeness (QED) is 0.806. The molecule has 21 heavy (non-hydrogen) atoms. The molecule has 2 rings (SSSR count). The molecule has 0 saturated heterocycles. The molecule has 8 heteroatoms. The first kappa shape index (κ1) is 15.7. The van der Waals surface area contributed by atoms with Gasteiger partial charge in [0.2, 0.25) is 5.13 Å². The second-order valence-electron chi connectivity index (χ2n) is 5.02. The number of urea groups is 1. The van der Waals surface area contributed by atoms with E-state index in [2.05, 4.69) is 20.0 Å². The fourth-order valence-corrected chi connectivity index (χ4v) is 2.26. The summed E-state index contributed by atoms with van der Waals surface area (Å²) in [5, 5.41) is 15.6. The van der Waals surface area contributed by atoms with Crippen molar-refractivity contribution in [2.75, 3.05) is 11.9 Å². The normalized spacial score (nSPS) is 11.2. The van der Waals surface area contributed by atoms with Crippen molar-refractivity contribution in [1.29, 1.82) is 0 Å². The number of carbonyl (C=O) groups excluding carboxylic acids is 1. The molecule has 0 aliphatic heterocycles. The number of benzene rings is 1. The van der Waals surface area contributed by atoms with E-state index in [1.54, 1.807) is 19.9 Å². The van der Waals surface area contributed by atoms with E-state index in [9.17, 15) is 9.90 Å². The van der Waals surface area contributed by atoms with Crippen LogP contribution in [-0.2, 0) is 0 Å². The van der Waals surface area contributed by atoms with Gasteiger partial charge >= 0.3 is 6.03 Å². The van der Waals surface area contributed by atoms with Crippen molar-refractivity contribution >= 4 is 34.3 Å². The summed E-state index contributed by atoms with van der Waals surface area (Å²) in [5.41, 5.74) is -0.262. The van der Waals surface area contributed by atoms with Crippen molar-refractivity contribution in [2.24, 2.45) is 0 Å². The van der Waals surface area contributed by atoms with Crippen LogP contribution >= 0.6 is 23.1 Å². The molecule has 0 unspecified atom stereocenters. The van der Waals surface area contributed by atoms with Gasteiger partial charge in [0.25, 0.3) is 0 Å². The van der Waals surface area contributed by atoms with Crippen LogP contribution in [0.2, 0.25) is 5.02 Å². The lowest BCUT2D eigenvalue weighted by Gasteiger charge is -2.17. The molecule has 0 spiro atoms. The Kier molecular flexibility index (Phi) is 4.76. The molecule has 2 aromatic rings. The standard InChI is InChI=1S/C13H15ClN4O2S/c1-13(2,20)7-15-11(19)17-12-16-10(18-21-12)8-5-3-4-6-9(8)14/h3-6,20H,7H2,1-2H3,(H2,15,16,17,18,19). The molecule has 6 nitrogen and oxygen atoms in total. The molecule has 3 N–H and O–H groups in total. The second kappa shape index (κ2) is 6.38. The van der Waals surface area contributed by atoms with E-state index < -0.39 is 11.6 Å². The average molecular weight is 327 g/mol. The summed E-state index contributed by atoms with van der Waals surface area (Å²) in [5.74, 6) is 0.461. The topological polar surface area (TPSA) is 87.1 Å². The van der Waals surface area contributed by atoms with Crippen LogP contribution < -0.4 is 10.6 Å². The number of carbonyl (C=O) groups is 1. The Morgan fingerprint density at radius 1 is 1.43 bits per heavy atom. The van der Waals surface area contributed by atoms with Crippen LogP contribution in [0.3, 0.4) is 0 Å². The Bertz CT molecular complexity index is 639. The van der Waals surface area contributed by atoms with Crippen LogP contribution in [0.1, 0.15) is 13.8 Å². The monoisotopic (exact) mass is 326 g/mol. The lowest BCUT2D eigenvalue weighted by Crippen LogP contribution is -2.40. The van der Waals surface area contributed by atoms with Gasteiger partial charge < -0.3 is 10.4 Å². The van der Waals surface area contributed by atoms with E-state index in [0.717, 1.165) is 11.5 Å². The number of amides is 2. The number of aliphatic hydroxyl groups is 1. The van der Waals surface area contributed by atoms with Crippen molar-refractivity contribution in [3.63, 3.8) is 0 Å². The molecule has 112 valence electrons. The van der Waals surface area contributed by atoms with Crippen molar-refractivity contribution < 1.29 is 9.90 Å². The first-order valence-corrected chi connectivity index (χ1v) is 7.36. The van der Waals surface area contributed by atoms with Crippen LogP contribution in [0.25, 0.3) is 11.4 Å². The van der Waals surface area contributed by atoms with Crippen LogP contribution in [-0.4, -0.2) is 32.6 Å². The van der Waals surface area contributed by atoms with Crippen LogP contribution in [0.5, 0.6) is 0 Å². The Labute approximate surface area is 131 Å². The maximum atomic E-state index is 11.7. The summed E-state index contributed by atoms with van der Waals surface area (Å²) in [6, 6.07) is 6.77. The summed E-state index contributed by atoms with van der Waals surface area (Å²) in [7, 11) is 0. The highest BCUT2D eigenvalue weighted by atomic mass is 35.5. The van der Waals surface area contributed by atoms with Crippen molar-refractivity contribution in [1.82, 2.24) is 14.7 Å². The molecular formula is C13H15ClN4O2S.